The molecule has 0 saturated heterocycles. The van der Waals surface area contributed by atoms with Crippen molar-refractivity contribution in [1.29, 1.82) is 0 Å². The van der Waals surface area contributed by atoms with Crippen LogP contribution in [-0.2, 0) is 6.18 Å². The van der Waals surface area contributed by atoms with E-state index in [4.69, 9.17) is 4.74 Å². The second-order valence-corrected chi connectivity index (χ2v) is 5.04. The van der Waals surface area contributed by atoms with Gasteiger partial charge in [0.1, 0.15) is 5.69 Å². The number of aromatic nitrogens is 2. The monoisotopic (exact) mass is 353 g/mol. The standard InChI is InChI=1S/C18H15F3N3O.Li/c1-2-5-14(25-17-6-3-4-10-24-17)7-8-15(22)13-9-11-23-16(12-13)18(19,20)21;/h3-4,6,8-12,14H,1-2,5H2;/q-3;+1. The van der Waals surface area contributed by atoms with E-state index in [1.54, 1.807) is 24.4 Å². The van der Waals surface area contributed by atoms with Gasteiger partial charge in [0.05, 0.1) is 0 Å². The average Bonchev–Trinajstić information content (AvgIpc) is 2.60. The predicted octanol–water partition coefficient (Wildman–Crippen LogP) is 1.28. The molecule has 0 bridgehead atoms. The molecule has 0 amide bonds. The fourth-order valence-corrected chi connectivity index (χ4v) is 1.92. The zero-order valence-corrected chi connectivity index (χ0v) is 14.2. The van der Waals surface area contributed by atoms with E-state index < -0.39 is 18.0 Å². The maximum absolute atomic E-state index is 12.7. The van der Waals surface area contributed by atoms with Gasteiger partial charge in [-0.3, -0.25) is 11.1 Å². The van der Waals surface area contributed by atoms with E-state index in [9.17, 15) is 18.6 Å². The molecule has 0 saturated carbocycles. The number of nitrogens with zero attached hydrogens (tertiary/aromatic N) is 3. The first-order valence-electron chi connectivity index (χ1n) is 7.46. The Bertz CT molecular complexity index is 736. The van der Waals surface area contributed by atoms with Crippen LogP contribution in [0.3, 0.4) is 0 Å². The summed E-state index contributed by atoms with van der Waals surface area (Å²) in [6.07, 6.45) is 2.47. The summed E-state index contributed by atoms with van der Waals surface area (Å²) in [5.41, 5.74) is -1.46. The molecule has 0 fully saturated rings. The van der Waals surface area contributed by atoms with Crippen molar-refractivity contribution in [2.45, 2.75) is 25.1 Å². The second-order valence-electron chi connectivity index (χ2n) is 5.04. The first kappa shape index (κ1) is 21.9. The smallest absolute Gasteiger partial charge is 0.904 e. The third-order valence-corrected chi connectivity index (χ3v) is 3.12. The Morgan fingerprint density at radius 3 is 2.65 bits per heavy atom. The Morgan fingerprint density at radius 1 is 1.27 bits per heavy atom. The molecule has 8 heteroatoms. The van der Waals surface area contributed by atoms with Crippen LogP contribution in [0.25, 0.3) is 5.41 Å². The number of allylic oxidation sites excluding steroid dienone is 1. The van der Waals surface area contributed by atoms with Crippen molar-refractivity contribution >= 4 is 5.71 Å². The molecule has 0 aliphatic heterocycles. The molecule has 2 rings (SSSR count). The Balaban J connectivity index is 0.00000338. The zero-order chi connectivity index (χ0) is 18.3. The van der Waals surface area contributed by atoms with Gasteiger partial charge in [-0.1, -0.05) is 18.6 Å². The first-order chi connectivity index (χ1) is 11.9. The fourth-order valence-electron chi connectivity index (χ4n) is 1.92. The fraction of sp³-hybridized carbons (Fsp3) is 0.222. The minimum absolute atomic E-state index is 0. The Morgan fingerprint density at radius 2 is 2.04 bits per heavy atom. The SMILES string of the molecule is [CH2-]CCC([C-]=CC(=[N-])c1ccnc(C(F)(F)F)c1)Oc1ccccn1.[Li+]. The van der Waals surface area contributed by atoms with E-state index in [1.807, 2.05) is 0 Å². The maximum atomic E-state index is 12.7. The number of halogens is 3. The number of pyridine rings is 2. The van der Waals surface area contributed by atoms with Crippen molar-refractivity contribution in [3.8, 4) is 5.88 Å². The van der Waals surface area contributed by atoms with Crippen molar-refractivity contribution in [2.75, 3.05) is 0 Å². The summed E-state index contributed by atoms with van der Waals surface area (Å²) in [7, 11) is 0. The van der Waals surface area contributed by atoms with Crippen LogP contribution in [0.5, 0.6) is 5.88 Å². The average molecular weight is 353 g/mol. The van der Waals surface area contributed by atoms with Crippen LogP contribution in [0.1, 0.15) is 24.1 Å². The summed E-state index contributed by atoms with van der Waals surface area (Å²) >= 11 is 0. The van der Waals surface area contributed by atoms with Gasteiger partial charge in [0.25, 0.3) is 0 Å². The van der Waals surface area contributed by atoms with Gasteiger partial charge in [-0.05, 0) is 12.1 Å². The van der Waals surface area contributed by atoms with Gasteiger partial charge in [0, 0.05) is 24.6 Å². The van der Waals surface area contributed by atoms with E-state index in [0.29, 0.717) is 18.7 Å². The molecule has 0 spiro atoms. The molecule has 4 nitrogen and oxygen atoms in total. The molecule has 0 aliphatic carbocycles. The van der Waals surface area contributed by atoms with Gasteiger partial charge in [-0.25, -0.2) is 11.1 Å². The van der Waals surface area contributed by atoms with Crippen LogP contribution < -0.4 is 23.6 Å². The van der Waals surface area contributed by atoms with E-state index in [-0.39, 0.29) is 30.1 Å². The minimum Gasteiger partial charge on any atom is -0.904 e. The third kappa shape index (κ3) is 6.66. The molecule has 132 valence electrons. The summed E-state index contributed by atoms with van der Waals surface area (Å²) in [6, 6.07) is 7.21. The molecule has 0 aliphatic rings. The van der Waals surface area contributed by atoms with Crippen molar-refractivity contribution in [1.82, 2.24) is 9.97 Å². The predicted molar refractivity (Wildman–Crippen MR) is 87.8 cm³/mol. The number of hydrogen-bond acceptors (Lipinski definition) is 3. The van der Waals surface area contributed by atoms with Crippen molar-refractivity contribution in [3.63, 3.8) is 0 Å². The van der Waals surface area contributed by atoms with E-state index in [0.717, 1.165) is 12.3 Å². The van der Waals surface area contributed by atoms with Gasteiger partial charge < -0.3 is 22.8 Å². The molecule has 0 aromatic carbocycles. The van der Waals surface area contributed by atoms with Crippen LogP contribution in [0.4, 0.5) is 13.2 Å². The number of alkyl halides is 3. The van der Waals surface area contributed by atoms with E-state index in [2.05, 4.69) is 23.0 Å². The van der Waals surface area contributed by atoms with Crippen molar-refractivity contribution in [2.24, 2.45) is 0 Å². The van der Waals surface area contributed by atoms with Crippen LogP contribution in [0, 0.1) is 13.0 Å². The molecule has 2 aromatic heterocycles. The molecule has 1 unspecified atom stereocenters. The van der Waals surface area contributed by atoms with Gasteiger partial charge >= 0.3 is 25.0 Å². The summed E-state index contributed by atoms with van der Waals surface area (Å²) < 4.78 is 43.6. The van der Waals surface area contributed by atoms with E-state index in [1.165, 1.54) is 12.1 Å². The Labute approximate surface area is 162 Å². The van der Waals surface area contributed by atoms with Gasteiger partial charge in [-0.2, -0.15) is 19.6 Å². The summed E-state index contributed by atoms with van der Waals surface area (Å²) in [6.45, 7) is 3.73. The molecule has 2 heterocycles. The topological polar surface area (TPSA) is 57.3 Å². The summed E-state index contributed by atoms with van der Waals surface area (Å²) in [5, 5.41) is 10.0. The maximum Gasteiger partial charge on any atom is 1.00 e. The van der Waals surface area contributed by atoms with Gasteiger partial charge in [-0.15, -0.1) is 5.56 Å². The quantitative estimate of drug-likeness (QED) is 0.428. The molecule has 0 N–H and O–H groups in total. The normalized spacial score (nSPS) is 12.5. The van der Waals surface area contributed by atoms with Crippen LogP contribution in [-0.4, -0.2) is 21.8 Å². The number of rotatable bonds is 7. The second kappa shape index (κ2) is 10.1. The molecular weight excluding hydrogens is 338 g/mol. The van der Waals surface area contributed by atoms with Gasteiger partial charge in [0.15, 0.2) is 0 Å². The molecule has 0 radical (unpaired) electrons. The zero-order valence-electron chi connectivity index (χ0n) is 14.2. The summed E-state index contributed by atoms with van der Waals surface area (Å²) in [4.78, 5) is 7.27. The van der Waals surface area contributed by atoms with Crippen LogP contribution in [0.2, 0.25) is 0 Å². The van der Waals surface area contributed by atoms with Crippen molar-refractivity contribution in [3.05, 3.63) is 78.5 Å². The molecular formula is C18H15F3LiN3O-2. The third-order valence-electron chi connectivity index (χ3n) is 3.12. The van der Waals surface area contributed by atoms with E-state index >= 15 is 0 Å². The molecule has 1 atom stereocenters. The number of ether oxygens (including phenoxy) is 1. The van der Waals surface area contributed by atoms with Crippen LogP contribution in [0.15, 0.2) is 48.8 Å². The van der Waals surface area contributed by atoms with Crippen molar-refractivity contribution < 1.29 is 36.8 Å². The first-order valence-corrected chi connectivity index (χ1v) is 7.46. The van der Waals surface area contributed by atoms with Crippen LogP contribution >= 0.6 is 0 Å². The number of hydrogen-bond donors (Lipinski definition) is 0. The largest absolute Gasteiger partial charge is 1.00 e. The van der Waals surface area contributed by atoms with Gasteiger partial charge in [0.2, 0.25) is 5.88 Å². The molecule has 2 aromatic rings. The minimum atomic E-state index is -4.58. The Hall–Kier alpha value is -2.10. The Kier molecular flexibility index (Phi) is 8.56. The molecule has 26 heavy (non-hydrogen) atoms. The summed E-state index contributed by atoms with van der Waals surface area (Å²) in [5.74, 6) is 0.379.